The molecule has 0 saturated carbocycles. The predicted molar refractivity (Wildman–Crippen MR) is 105 cm³/mol. The zero-order chi connectivity index (χ0) is 18.3. The molecule has 1 aliphatic heterocycles. The standard InChI is InChI=1S/C20H32N2O2S/c1-20(2,3)24-19(23)16-9-12-22(13-10-16)14-11-17(21)15-25-18-7-5-4-6-8-18/h4-8,16-17H,9-15,21H2,1-3H3/t17-/m1/s1. The Morgan fingerprint density at radius 2 is 1.92 bits per heavy atom. The molecule has 5 heteroatoms. The highest BCUT2D eigenvalue weighted by atomic mass is 32.2. The van der Waals surface area contributed by atoms with Gasteiger partial charge in [0.25, 0.3) is 0 Å². The van der Waals surface area contributed by atoms with E-state index < -0.39 is 5.60 Å². The van der Waals surface area contributed by atoms with Crippen molar-refractivity contribution in [2.75, 3.05) is 25.4 Å². The zero-order valence-corrected chi connectivity index (χ0v) is 16.6. The lowest BCUT2D eigenvalue weighted by atomic mass is 9.96. The molecule has 1 aliphatic rings. The van der Waals surface area contributed by atoms with Gasteiger partial charge in [-0.2, -0.15) is 0 Å². The van der Waals surface area contributed by atoms with Crippen molar-refractivity contribution in [2.45, 2.75) is 56.6 Å². The van der Waals surface area contributed by atoms with Gasteiger partial charge in [0.2, 0.25) is 0 Å². The Balaban J connectivity index is 1.62. The van der Waals surface area contributed by atoms with Crippen LogP contribution >= 0.6 is 11.8 Å². The molecule has 0 radical (unpaired) electrons. The first kappa shape index (κ1) is 20.3. The predicted octanol–water partition coefficient (Wildman–Crippen LogP) is 3.55. The molecule has 1 aromatic carbocycles. The Bertz CT molecular complexity index is 522. The molecule has 2 rings (SSSR count). The van der Waals surface area contributed by atoms with Gasteiger partial charge in [0.1, 0.15) is 5.60 Å². The second-order valence-electron chi connectivity index (χ2n) is 7.82. The number of likely N-dealkylation sites (tertiary alicyclic amines) is 1. The first-order valence-corrected chi connectivity index (χ1v) is 10.2. The molecule has 4 nitrogen and oxygen atoms in total. The minimum absolute atomic E-state index is 0.0388. The number of nitrogens with zero attached hydrogens (tertiary/aromatic N) is 1. The number of hydrogen-bond acceptors (Lipinski definition) is 5. The van der Waals surface area contributed by atoms with Crippen LogP contribution in [0, 0.1) is 5.92 Å². The van der Waals surface area contributed by atoms with E-state index >= 15 is 0 Å². The van der Waals surface area contributed by atoms with Crippen molar-refractivity contribution in [3.05, 3.63) is 30.3 Å². The van der Waals surface area contributed by atoms with Crippen LogP contribution in [0.2, 0.25) is 0 Å². The molecule has 0 spiro atoms. The van der Waals surface area contributed by atoms with E-state index in [1.807, 2.05) is 38.6 Å². The van der Waals surface area contributed by atoms with Gasteiger partial charge < -0.3 is 15.4 Å². The summed E-state index contributed by atoms with van der Waals surface area (Å²) in [7, 11) is 0. The van der Waals surface area contributed by atoms with Gasteiger partial charge in [-0.15, -0.1) is 11.8 Å². The molecular formula is C20H32N2O2S. The number of thioether (sulfide) groups is 1. The van der Waals surface area contributed by atoms with Crippen molar-refractivity contribution in [1.82, 2.24) is 4.90 Å². The number of hydrogen-bond donors (Lipinski definition) is 1. The average molecular weight is 365 g/mol. The van der Waals surface area contributed by atoms with Crippen molar-refractivity contribution < 1.29 is 9.53 Å². The van der Waals surface area contributed by atoms with E-state index in [2.05, 4.69) is 29.2 Å². The van der Waals surface area contributed by atoms with E-state index in [-0.39, 0.29) is 17.9 Å². The Hall–Kier alpha value is -1.04. The van der Waals surface area contributed by atoms with Crippen LogP contribution in [0.15, 0.2) is 35.2 Å². The molecule has 0 aromatic heterocycles. The zero-order valence-electron chi connectivity index (χ0n) is 15.7. The fourth-order valence-electron chi connectivity index (χ4n) is 2.93. The maximum atomic E-state index is 12.1. The second kappa shape index (κ2) is 9.60. The molecule has 1 saturated heterocycles. The molecule has 140 valence electrons. The van der Waals surface area contributed by atoms with Crippen molar-refractivity contribution >= 4 is 17.7 Å². The molecule has 0 unspecified atom stereocenters. The fraction of sp³-hybridized carbons (Fsp3) is 0.650. The van der Waals surface area contributed by atoms with Crippen LogP contribution in [0.25, 0.3) is 0 Å². The molecule has 1 aromatic rings. The van der Waals surface area contributed by atoms with Crippen molar-refractivity contribution in [3.63, 3.8) is 0 Å². The first-order chi connectivity index (χ1) is 11.8. The van der Waals surface area contributed by atoms with Gasteiger partial charge in [0.15, 0.2) is 0 Å². The number of carbonyl (C=O) groups is 1. The van der Waals surface area contributed by atoms with Crippen LogP contribution in [0.3, 0.4) is 0 Å². The lowest BCUT2D eigenvalue weighted by Crippen LogP contribution is -2.40. The van der Waals surface area contributed by atoms with Gasteiger partial charge in [-0.05, 0) is 71.8 Å². The van der Waals surface area contributed by atoms with Gasteiger partial charge in [0.05, 0.1) is 5.92 Å². The smallest absolute Gasteiger partial charge is 0.309 e. The number of esters is 1. The van der Waals surface area contributed by atoms with E-state index in [4.69, 9.17) is 10.5 Å². The van der Waals surface area contributed by atoms with Crippen LogP contribution in [-0.4, -0.2) is 47.9 Å². The third-order valence-electron chi connectivity index (χ3n) is 4.35. The third-order valence-corrected chi connectivity index (χ3v) is 5.55. The number of ether oxygens (including phenoxy) is 1. The van der Waals surface area contributed by atoms with Crippen LogP contribution < -0.4 is 5.73 Å². The van der Waals surface area contributed by atoms with Crippen molar-refractivity contribution in [1.29, 1.82) is 0 Å². The molecule has 25 heavy (non-hydrogen) atoms. The number of rotatable bonds is 7. The summed E-state index contributed by atoms with van der Waals surface area (Å²) in [4.78, 5) is 15.8. The summed E-state index contributed by atoms with van der Waals surface area (Å²) in [5, 5.41) is 0. The van der Waals surface area contributed by atoms with Crippen LogP contribution in [0.4, 0.5) is 0 Å². The topological polar surface area (TPSA) is 55.6 Å². The number of piperidine rings is 1. The van der Waals surface area contributed by atoms with Gasteiger partial charge >= 0.3 is 5.97 Å². The van der Waals surface area contributed by atoms with Gasteiger partial charge in [-0.3, -0.25) is 4.79 Å². The summed E-state index contributed by atoms with van der Waals surface area (Å²) in [5.74, 6) is 0.958. The maximum Gasteiger partial charge on any atom is 0.309 e. The Kier molecular flexibility index (Phi) is 7.79. The summed E-state index contributed by atoms with van der Waals surface area (Å²) >= 11 is 1.82. The monoisotopic (exact) mass is 364 g/mol. The largest absolute Gasteiger partial charge is 0.460 e. The Labute approximate surface area is 156 Å². The highest BCUT2D eigenvalue weighted by molar-refractivity contribution is 7.99. The average Bonchev–Trinajstić information content (AvgIpc) is 2.58. The summed E-state index contributed by atoms with van der Waals surface area (Å²) in [6, 6.07) is 10.6. The number of benzene rings is 1. The Morgan fingerprint density at radius 1 is 1.28 bits per heavy atom. The van der Waals surface area contributed by atoms with E-state index in [0.717, 1.165) is 44.6 Å². The summed E-state index contributed by atoms with van der Waals surface area (Å²) in [5.41, 5.74) is 5.87. The van der Waals surface area contributed by atoms with E-state index in [1.165, 1.54) is 4.90 Å². The van der Waals surface area contributed by atoms with Crippen LogP contribution in [0.1, 0.15) is 40.0 Å². The van der Waals surface area contributed by atoms with Gasteiger partial charge in [-0.25, -0.2) is 0 Å². The van der Waals surface area contributed by atoms with Crippen molar-refractivity contribution in [3.8, 4) is 0 Å². The highest BCUT2D eigenvalue weighted by Gasteiger charge is 2.28. The molecule has 0 amide bonds. The molecular weight excluding hydrogens is 332 g/mol. The SMILES string of the molecule is CC(C)(C)OC(=O)C1CCN(CC[C@@H](N)CSc2ccccc2)CC1. The van der Waals surface area contributed by atoms with Gasteiger partial charge in [-0.1, -0.05) is 18.2 Å². The van der Waals surface area contributed by atoms with E-state index in [0.29, 0.717) is 0 Å². The highest BCUT2D eigenvalue weighted by Crippen LogP contribution is 2.22. The normalized spacial score (nSPS) is 18.1. The first-order valence-electron chi connectivity index (χ1n) is 9.22. The molecule has 0 bridgehead atoms. The quantitative estimate of drug-likeness (QED) is 0.592. The summed E-state index contributed by atoms with van der Waals surface area (Å²) in [6.45, 7) is 8.71. The molecule has 1 heterocycles. The fourth-order valence-corrected chi connectivity index (χ4v) is 3.85. The molecule has 2 N–H and O–H groups in total. The summed E-state index contributed by atoms with van der Waals surface area (Å²) < 4.78 is 5.50. The van der Waals surface area contributed by atoms with Crippen LogP contribution in [0.5, 0.6) is 0 Å². The van der Waals surface area contributed by atoms with Gasteiger partial charge in [0, 0.05) is 16.7 Å². The molecule has 0 aliphatic carbocycles. The summed E-state index contributed by atoms with van der Waals surface area (Å²) in [6.07, 6.45) is 2.78. The lowest BCUT2D eigenvalue weighted by molar-refractivity contribution is -0.161. The third kappa shape index (κ3) is 7.80. The van der Waals surface area contributed by atoms with E-state index in [9.17, 15) is 4.79 Å². The molecule has 1 fully saturated rings. The van der Waals surface area contributed by atoms with Crippen LogP contribution in [-0.2, 0) is 9.53 Å². The van der Waals surface area contributed by atoms with E-state index in [1.54, 1.807) is 0 Å². The Morgan fingerprint density at radius 3 is 2.52 bits per heavy atom. The van der Waals surface area contributed by atoms with Crippen molar-refractivity contribution in [2.24, 2.45) is 11.7 Å². The second-order valence-corrected chi connectivity index (χ2v) is 8.92. The minimum Gasteiger partial charge on any atom is -0.460 e. The lowest BCUT2D eigenvalue weighted by Gasteiger charge is -2.32. The number of carbonyl (C=O) groups excluding carboxylic acids is 1. The number of nitrogens with two attached hydrogens (primary N) is 1. The maximum absolute atomic E-state index is 12.1. The molecule has 1 atom stereocenters. The minimum atomic E-state index is -0.391.